The average Bonchev–Trinajstić information content (AvgIpc) is 2.34. The summed E-state index contributed by atoms with van der Waals surface area (Å²) in [7, 11) is 0. The summed E-state index contributed by atoms with van der Waals surface area (Å²) in [6.45, 7) is 0. The van der Waals surface area contributed by atoms with Gasteiger partial charge in [-0.05, 0) is 23.8 Å². The monoisotopic (exact) mass is 328 g/mol. The molecule has 0 spiro atoms. The van der Waals surface area contributed by atoms with Crippen molar-refractivity contribution in [2.75, 3.05) is 0 Å². The summed E-state index contributed by atoms with van der Waals surface area (Å²) in [5.74, 6) is 5.21. The van der Waals surface area contributed by atoms with Crippen LogP contribution in [0.1, 0.15) is 17.2 Å². The van der Waals surface area contributed by atoms with Gasteiger partial charge in [-0.15, -0.1) is 0 Å². The highest BCUT2D eigenvalue weighted by Crippen LogP contribution is 2.31. The normalized spacial score (nSPS) is 12.4. The van der Waals surface area contributed by atoms with E-state index in [1.165, 1.54) is 6.07 Å². The van der Waals surface area contributed by atoms with Crippen LogP contribution in [0.15, 0.2) is 46.9 Å². The summed E-state index contributed by atoms with van der Waals surface area (Å²) in [6, 6.07) is 11.4. The molecule has 0 saturated heterocycles. The molecular weight excluding hydrogens is 319 g/mol. The number of halogens is 3. The molecule has 0 fully saturated rings. The number of rotatable bonds is 3. The highest BCUT2D eigenvalue weighted by atomic mass is 79.9. The third-order valence-corrected chi connectivity index (χ3v) is 3.48. The molecule has 0 saturated carbocycles. The van der Waals surface area contributed by atoms with Gasteiger partial charge < -0.3 is 0 Å². The van der Waals surface area contributed by atoms with Gasteiger partial charge in [0.2, 0.25) is 0 Å². The zero-order valence-electron chi connectivity index (χ0n) is 9.33. The van der Waals surface area contributed by atoms with E-state index in [1.54, 1.807) is 24.3 Å². The van der Waals surface area contributed by atoms with Crippen molar-refractivity contribution in [3.05, 3.63) is 68.9 Å². The molecule has 0 aliphatic rings. The number of nitrogens with one attached hydrogen (secondary N) is 1. The van der Waals surface area contributed by atoms with Gasteiger partial charge in [-0.25, -0.2) is 9.82 Å². The van der Waals surface area contributed by atoms with E-state index in [2.05, 4.69) is 21.4 Å². The molecule has 0 heterocycles. The Morgan fingerprint density at radius 3 is 2.50 bits per heavy atom. The van der Waals surface area contributed by atoms with Crippen LogP contribution in [0.4, 0.5) is 4.39 Å². The maximum absolute atomic E-state index is 13.8. The van der Waals surface area contributed by atoms with Gasteiger partial charge in [0.15, 0.2) is 0 Å². The van der Waals surface area contributed by atoms with Crippen LogP contribution in [-0.4, -0.2) is 0 Å². The maximum Gasteiger partial charge on any atom is 0.128 e. The van der Waals surface area contributed by atoms with E-state index in [9.17, 15) is 4.39 Å². The standard InChI is InChI=1S/C13H11BrClFN2/c14-8-5-6-9(11(15)7-8)13(18-17)10-3-1-2-4-12(10)16/h1-7,13,18H,17H2. The highest BCUT2D eigenvalue weighted by molar-refractivity contribution is 9.10. The van der Waals surface area contributed by atoms with Crippen molar-refractivity contribution in [1.82, 2.24) is 5.43 Å². The topological polar surface area (TPSA) is 38.0 Å². The Morgan fingerprint density at radius 1 is 1.17 bits per heavy atom. The second-order valence-electron chi connectivity index (χ2n) is 3.79. The van der Waals surface area contributed by atoms with Crippen molar-refractivity contribution >= 4 is 27.5 Å². The minimum Gasteiger partial charge on any atom is -0.271 e. The number of hydrogen-bond donors (Lipinski definition) is 2. The quantitative estimate of drug-likeness (QED) is 0.664. The largest absolute Gasteiger partial charge is 0.271 e. The molecule has 18 heavy (non-hydrogen) atoms. The Balaban J connectivity index is 2.49. The van der Waals surface area contributed by atoms with Crippen LogP contribution in [0.3, 0.4) is 0 Å². The highest BCUT2D eigenvalue weighted by Gasteiger charge is 2.18. The first kappa shape index (κ1) is 13.5. The van der Waals surface area contributed by atoms with Crippen molar-refractivity contribution in [2.45, 2.75) is 6.04 Å². The van der Waals surface area contributed by atoms with Gasteiger partial charge in [0.1, 0.15) is 5.82 Å². The lowest BCUT2D eigenvalue weighted by molar-refractivity contribution is 0.560. The van der Waals surface area contributed by atoms with Crippen molar-refractivity contribution in [2.24, 2.45) is 5.84 Å². The lowest BCUT2D eigenvalue weighted by atomic mass is 9.99. The molecule has 2 aromatic carbocycles. The van der Waals surface area contributed by atoms with Crippen LogP contribution in [0, 0.1) is 5.82 Å². The zero-order valence-corrected chi connectivity index (χ0v) is 11.7. The first-order chi connectivity index (χ1) is 8.63. The summed E-state index contributed by atoms with van der Waals surface area (Å²) in [5, 5.41) is 0.524. The van der Waals surface area contributed by atoms with Crippen LogP contribution in [0.25, 0.3) is 0 Å². The summed E-state index contributed by atoms with van der Waals surface area (Å²) in [4.78, 5) is 0. The van der Waals surface area contributed by atoms with Gasteiger partial charge in [0.25, 0.3) is 0 Å². The second-order valence-corrected chi connectivity index (χ2v) is 5.11. The van der Waals surface area contributed by atoms with Gasteiger partial charge in [-0.1, -0.05) is 51.8 Å². The van der Waals surface area contributed by atoms with Crippen LogP contribution < -0.4 is 11.3 Å². The molecule has 0 aromatic heterocycles. The smallest absolute Gasteiger partial charge is 0.128 e. The van der Waals surface area contributed by atoms with E-state index in [1.807, 2.05) is 12.1 Å². The van der Waals surface area contributed by atoms with Gasteiger partial charge in [-0.3, -0.25) is 5.84 Å². The zero-order chi connectivity index (χ0) is 13.1. The molecule has 94 valence electrons. The molecule has 0 amide bonds. The Hall–Kier alpha value is -0.940. The van der Waals surface area contributed by atoms with Gasteiger partial charge in [-0.2, -0.15) is 0 Å². The molecule has 2 nitrogen and oxygen atoms in total. The van der Waals surface area contributed by atoms with Crippen molar-refractivity contribution in [1.29, 1.82) is 0 Å². The number of benzene rings is 2. The van der Waals surface area contributed by atoms with Crippen molar-refractivity contribution in [3.63, 3.8) is 0 Å². The Kier molecular flexibility index (Phi) is 4.35. The van der Waals surface area contributed by atoms with Crippen molar-refractivity contribution in [3.8, 4) is 0 Å². The molecule has 2 aromatic rings. The number of hydrazine groups is 1. The molecule has 2 rings (SSSR count). The molecule has 1 unspecified atom stereocenters. The molecular formula is C13H11BrClFN2. The fourth-order valence-electron chi connectivity index (χ4n) is 1.79. The third-order valence-electron chi connectivity index (χ3n) is 2.66. The van der Waals surface area contributed by atoms with E-state index >= 15 is 0 Å². The second kappa shape index (κ2) is 5.80. The lowest BCUT2D eigenvalue weighted by Gasteiger charge is -2.19. The summed E-state index contributed by atoms with van der Waals surface area (Å²) >= 11 is 9.49. The van der Waals surface area contributed by atoms with Crippen LogP contribution in [0.5, 0.6) is 0 Å². The van der Waals surface area contributed by atoms with E-state index in [-0.39, 0.29) is 5.82 Å². The van der Waals surface area contributed by atoms with Crippen LogP contribution >= 0.6 is 27.5 Å². The first-order valence-electron chi connectivity index (χ1n) is 5.29. The van der Waals surface area contributed by atoms with Gasteiger partial charge in [0, 0.05) is 15.1 Å². The fourth-order valence-corrected chi connectivity index (χ4v) is 2.57. The fraction of sp³-hybridized carbons (Fsp3) is 0.0769. The van der Waals surface area contributed by atoms with Crippen LogP contribution in [-0.2, 0) is 0 Å². The SMILES string of the molecule is NNC(c1ccccc1F)c1ccc(Br)cc1Cl. The molecule has 5 heteroatoms. The third kappa shape index (κ3) is 2.72. The van der Waals surface area contributed by atoms with Gasteiger partial charge >= 0.3 is 0 Å². The van der Waals surface area contributed by atoms with Gasteiger partial charge in [0.05, 0.1) is 6.04 Å². The average molecular weight is 330 g/mol. The Bertz CT molecular complexity index is 562. The molecule has 0 bridgehead atoms. The first-order valence-corrected chi connectivity index (χ1v) is 6.46. The summed E-state index contributed by atoms with van der Waals surface area (Å²) in [6.07, 6.45) is 0. The predicted octanol–water partition coefficient (Wildman–Crippen LogP) is 3.79. The molecule has 1 atom stereocenters. The van der Waals surface area contributed by atoms with E-state index in [0.29, 0.717) is 10.6 Å². The summed E-state index contributed by atoms with van der Waals surface area (Å²) in [5.41, 5.74) is 3.79. The Morgan fingerprint density at radius 2 is 1.89 bits per heavy atom. The molecule has 0 aliphatic heterocycles. The van der Waals surface area contributed by atoms with E-state index in [0.717, 1.165) is 10.0 Å². The van der Waals surface area contributed by atoms with Crippen molar-refractivity contribution < 1.29 is 4.39 Å². The number of hydrogen-bond acceptors (Lipinski definition) is 2. The minimum absolute atomic E-state index is 0.320. The molecule has 3 N–H and O–H groups in total. The van der Waals surface area contributed by atoms with E-state index < -0.39 is 6.04 Å². The number of nitrogens with two attached hydrogens (primary N) is 1. The van der Waals surface area contributed by atoms with Crippen LogP contribution in [0.2, 0.25) is 5.02 Å². The minimum atomic E-state index is -0.480. The predicted molar refractivity (Wildman–Crippen MR) is 74.7 cm³/mol. The molecule has 0 radical (unpaired) electrons. The maximum atomic E-state index is 13.8. The Labute approximate surface area is 118 Å². The lowest BCUT2D eigenvalue weighted by Crippen LogP contribution is -2.29. The molecule has 0 aliphatic carbocycles. The summed E-state index contributed by atoms with van der Waals surface area (Å²) < 4.78 is 14.6. The van der Waals surface area contributed by atoms with E-state index in [4.69, 9.17) is 17.4 Å².